The first-order chi connectivity index (χ1) is 31.0. The molecule has 1 aliphatic rings. The summed E-state index contributed by atoms with van der Waals surface area (Å²) in [4.78, 5) is 0. The Morgan fingerprint density at radius 1 is 0.238 bits per heavy atom. The summed E-state index contributed by atoms with van der Waals surface area (Å²) in [6, 6.07) is 82.0. The van der Waals surface area contributed by atoms with E-state index in [4.69, 9.17) is 0 Å². The molecular weight excluding hydrogens is 757 g/mol. The lowest BCUT2D eigenvalue weighted by molar-refractivity contribution is 0.660. The van der Waals surface area contributed by atoms with Crippen LogP contribution in [0.3, 0.4) is 0 Å². The molecule has 0 spiro atoms. The van der Waals surface area contributed by atoms with Crippen molar-refractivity contribution in [2.75, 3.05) is 0 Å². The van der Waals surface area contributed by atoms with Gasteiger partial charge >= 0.3 is 0 Å². The van der Waals surface area contributed by atoms with Crippen molar-refractivity contribution < 1.29 is 0 Å². The maximum Gasteiger partial charge on any atom is 0.0159 e. The van der Waals surface area contributed by atoms with Gasteiger partial charge in [-0.25, -0.2) is 0 Å². The molecule has 294 valence electrons. The van der Waals surface area contributed by atoms with Crippen molar-refractivity contribution in [1.82, 2.24) is 0 Å². The van der Waals surface area contributed by atoms with Crippen molar-refractivity contribution in [2.45, 2.75) is 19.3 Å². The van der Waals surface area contributed by atoms with Crippen LogP contribution in [0.1, 0.15) is 25.0 Å². The molecule has 0 fully saturated rings. The summed E-state index contributed by atoms with van der Waals surface area (Å²) in [5.41, 5.74) is 15.4. The van der Waals surface area contributed by atoms with Gasteiger partial charge in [0.05, 0.1) is 0 Å². The Hall–Kier alpha value is -7.80. The number of benzene rings is 12. The van der Waals surface area contributed by atoms with E-state index in [9.17, 15) is 0 Å². The molecule has 0 N–H and O–H groups in total. The van der Waals surface area contributed by atoms with E-state index in [1.165, 1.54) is 131 Å². The SMILES string of the molecule is CC1(C)c2ccccc2-c2ccc(-c3c4ccccc4c(-c4ccc5ccccc5c4)c4ccc(-c5c6ccccc6c(-c6ccc7ccccc7c6)c6ccccc56)cc34)cc21. The molecule has 0 aromatic heterocycles. The summed E-state index contributed by atoms with van der Waals surface area (Å²) >= 11 is 0. The van der Waals surface area contributed by atoms with Crippen molar-refractivity contribution >= 4 is 64.6 Å². The molecule has 0 amide bonds. The first-order valence-corrected chi connectivity index (χ1v) is 22.2. The Kier molecular flexibility index (Phi) is 7.75. The summed E-state index contributed by atoms with van der Waals surface area (Å²) in [5.74, 6) is 0. The quantitative estimate of drug-likeness (QED) is 0.156. The summed E-state index contributed by atoms with van der Waals surface area (Å²) in [7, 11) is 0. The van der Waals surface area contributed by atoms with Gasteiger partial charge < -0.3 is 0 Å². The highest BCUT2D eigenvalue weighted by Crippen LogP contribution is 2.52. The van der Waals surface area contributed by atoms with E-state index in [2.05, 4.69) is 232 Å². The highest BCUT2D eigenvalue weighted by atomic mass is 14.4. The molecule has 0 aliphatic heterocycles. The molecule has 0 atom stereocenters. The Balaban J connectivity index is 1.13. The molecule has 12 aromatic carbocycles. The Bertz CT molecular complexity index is 3820. The Morgan fingerprint density at radius 3 is 1.11 bits per heavy atom. The zero-order chi connectivity index (χ0) is 41.8. The van der Waals surface area contributed by atoms with E-state index in [0.717, 1.165) is 0 Å². The van der Waals surface area contributed by atoms with Gasteiger partial charge in [0.25, 0.3) is 0 Å². The third-order valence-corrected chi connectivity index (χ3v) is 14.2. The van der Waals surface area contributed by atoms with Crippen molar-refractivity contribution in [2.24, 2.45) is 0 Å². The molecule has 13 rings (SSSR count). The number of rotatable bonds is 4. The van der Waals surface area contributed by atoms with Gasteiger partial charge in [0, 0.05) is 5.41 Å². The van der Waals surface area contributed by atoms with Crippen LogP contribution in [0.4, 0.5) is 0 Å². The highest BCUT2D eigenvalue weighted by Gasteiger charge is 2.35. The van der Waals surface area contributed by atoms with E-state index < -0.39 is 0 Å². The molecule has 0 saturated heterocycles. The summed E-state index contributed by atoms with van der Waals surface area (Å²) in [6.45, 7) is 4.77. The molecule has 12 aromatic rings. The lowest BCUT2D eigenvalue weighted by atomic mass is 9.80. The topological polar surface area (TPSA) is 0 Å². The van der Waals surface area contributed by atoms with Crippen LogP contribution in [0.5, 0.6) is 0 Å². The standard InChI is InChI=1S/C63H42/c1-63(2)57-26-14-13-19-47(57)48-33-31-46(38-58(48)63)62-54-25-12-11-24-53(54)60(44-30-28-40-16-4-6-18-42(40)36-44)55-34-32-45(37-56(55)62)61-51-22-9-7-20-49(51)59(50-21-8-10-23-52(50)61)43-29-27-39-15-3-5-17-41(39)35-43/h3-38H,1-2H3. The zero-order valence-corrected chi connectivity index (χ0v) is 35.3. The maximum atomic E-state index is 2.51. The zero-order valence-electron chi connectivity index (χ0n) is 35.3. The van der Waals surface area contributed by atoms with Crippen LogP contribution in [-0.4, -0.2) is 0 Å². The van der Waals surface area contributed by atoms with Crippen LogP contribution >= 0.6 is 0 Å². The average Bonchev–Trinajstić information content (AvgIpc) is 3.56. The van der Waals surface area contributed by atoms with Crippen LogP contribution in [-0.2, 0) is 5.41 Å². The van der Waals surface area contributed by atoms with Gasteiger partial charge in [-0.1, -0.05) is 208 Å². The van der Waals surface area contributed by atoms with Gasteiger partial charge in [0.1, 0.15) is 0 Å². The van der Waals surface area contributed by atoms with Crippen molar-refractivity contribution in [3.63, 3.8) is 0 Å². The smallest absolute Gasteiger partial charge is 0.0159 e. The molecule has 0 heterocycles. The minimum atomic E-state index is -0.117. The molecule has 0 saturated carbocycles. The first kappa shape index (κ1) is 35.9. The fraction of sp³-hybridized carbons (Fsp3) is 0.0476. The van der Waals surface area contributed by atoms with Crippen LogP contribution < -0.4 is 0 Å². The third kappa shape index (κ3) is 5.35. The van der Waals surface area contributed by atoms with Crippen molar-refractivity contribution in [3.8, 4) is 55.6 Å². The summed E-state index contributed by atoms with van der Waals surface area (Å²) < 4.78 is 0. The summed E-state index contributed by atoms with van der Waals surface area (Å²) in [6.07, 6.45) is 0. The molecule has 0 nitrogen and oxygen atoms in total. The van der Waals surface area contributed by atoms with Gasteiger partial charge in [0.15, 0.2) is 0 Å². The second-order valence-corrected chi connectivity index (χ2v) is 18.0. The third-order valence-electron chi connectivity index (χ3n) is 14.2. The van der Waals surface area contributed by atoms with Gasteiger partial charge in [-0.05, 0) is 156 Å². The van der Waals surface area contributed by atoms with E-state index >= 15 is 0 Å². The maximum absolute atomic E-state index is 2.51. The van der Waals surface area contributed by atoms with Crippen LogP contribution in [0.25, 0.3) is 120 Å². The Labute approximate surface area is 367 Å². The molecule has 0 heteroatoms. The minimum Gasteiger partial charge on any atom is -0.0619 e. The predicted molar refractivity (Wildman–Crippen MR) is 271 cm³/mol. The van der Waals surface area contributed by atoms with E-state index in [0.29, 0.717) is 0 Å². The second-order valence-electron chi connectivity index (χ2n) is 18.0. The van der Waals surface area contributed by atoms with Crippen molar-refractivity contribution in [1.29, 1.82) is 0 Å². The highest BCUT2D eigenvalue weighted by molar-refractivity contribution is 6.25. The van der Waals surface area contributed by atoms with E-state index in [1.54, 1.807) is 0 Å². The fourth-order valence-corrected chi connectivity index (χ4v) is 11.3. The molecule has 0 radical (unpaired) electrons. The molecule has 63 heavy (non-hydrogen) atoms. The van der Waals surface area contributed by atoms with E-state index in [-0.39, 0.29) is 5.41 Å². The average molecular weight is 799 g/mol. The van der Waals surface area contributed by atoms with E-state index in [1.807, 2.05) is 0 Å². The van der Waals surface area contributed by atoms with Crippen LogP contribution in [0, 0.1) is 0 Å². The molecule has 0 bridgehead atoms. The monoisotopic (exact) mass is 798 g/mol. The first-order valence-electron chi connectivity index (χ1n) is 22.2. The van der Waals surface area contributed by atoms with Gasteiger partial charge in [-0.2, -0.15) is 0 Å². The number of hydrogen-bond acceptors (Lipinski definition) is 0. The number of hydrogen-bond donors (Lipinski definition) is 0. The minimum absolute atomic E-state index is 0.117. The lowest BCUT2D eigenvalue weighted by Gasteiger charge is -2.23. The van der Waals surface area contributed by atoms with Crippen molar-refractivity contribution in [3.05, 3.63) is 230 Å². The summed E-state index contributed by atoms with van der Waals surface area (Å²) in [5, 5.41) is 15.1. The normalized spacial score (nSPS) is 13.0. The van der Waals surface area contributed by atoms with Crippen LogP contribution in [0.15, 0.2) is 218 Å². The molecule has 1 aliphatic carbocycles. The van der Waals surface area contributed by atoms with Gasteiger partial charge in [-0.3, -0.25) is 0 Å². The fourth-order valence-electron chi connectivity index (χ4n) is 11.3. The second kappa shape index (κ2) is 13.6. The molecule has 0 unspecified atom stereocenters. The largest absolute Gasteiger partial charge is 0.0619 e. The van der Waals surface area contributed by atoms with Gasteiger partial charge in [0.2, 0.25) is 0 Å². The lowest BCUT2D eigenvalue weighted by Crippen LogP contribution is -2.14. The number of fused-ring (bicyclic) bond motifs is 9. The molecular formula is C63H42. The predicted octanol–water partition coefficient (Wildman–Crippen LogP) is 17.6. The Morgan fingerprint density at radius 2 is 0.587 bits per heavy atom. The van der Waals surface area contributed by atoms with Crippen LogP contribution in [0.2, 0.25) is 0 Å². The van der Waals surface area contributed by atoms with Gasteiger partial charge in [-0.15, -0.1) is 0 Å².